The zero-order valence-corrected chi connectivity index (χ0v) is 16.0. The lowest BCUT2D eigenvalue weighted by molar-refractivity contribution is 0.0914. The largest absolute Gasteiger partial charge is 0.348 e. The molecule has 25 heavy (non-hydrogen) atoms. The van der Waals surface area contributed by atoms with Crippen LogP contribution in [-0.4, -0.2) is 16.9 Å². The number of carbonyl (C=O) groups excluding carboxylic acids is 1. The standard InChI is InChI=1S/C20H21ClN2OS/c1-11-7-8-16-13(9-11)18-14(19(21)22-16)10-17(25-18)20(24)23-15-6-4-3-5-12(15)2/h7-10,12,15H,3-6H2,1-2H3,(H,23,24)/t12-,15-/m0/s1. The Balaban J connectivity index is 1.73. The van der Waals surface area contributed by atoms with E-state index in [-0.39, 0.29) is 11.9 Å². The van der Waals surface area contributed by atoms with Crippen molar-refractivity contribution in [2.45, 2.75) is 45.6 Å². The highest BCUT2D eigenvalue weighted by Gasteiger charge is 2.24. The number of carbonyl (C=O) groups is 1. The van der Waals surface area contributed by atoms with E-state index < -0.39 is 0 Å². The first-order chi connectivity index (χ1) is 12.0. The summed E-state index contributed by atoms with van der Waals surface area (Å²) in [5.74, 6) is 0.553. The summed E-state index contributed by atoms with van der Waals surface area (Å²) < 4.78 is 1.04. The molecule has 3 aromatic rings. The first-order valence-electron chi connectivity index (χ1n) is 8.83. The van der Waals surface area contributed by atoms with Crippen molar-refractivity contribution in [2.24, 2.45) is 5.92 Å². The topological polar surface area (TPSA) is 42.0 Å². The molecule has 2 atom stereocenters. The van der Waals surface area contributed by atoms with Gasteiger partial charge in [-0.2, -0.15) is 0 Å². The Bertz CT molecular complexity index is 965. The number of fused-ring (bicyclic) bond motifs is 3. The van der Waals surface area contributed by atoms with Gasteiger partial charge in [0.25, 0.3) is 5.91 Å². The van der Waals surface area contributed by atoms with E-state index in [2.05, 4.69) is 30.2 Å². The normalized spacial score (nSPS) is 20.9. The third-order valence-corrected chi connectivity index (χ3v) is 6.68. The number of amides is 1. The molecule has 0 saturated heterocycles. The Morgan fingerprint density at radius 1 is 1.24 bits per heavy atom. The van der Waals surface area contributed by atoms with Crippen LogP contribution >= 0.6 is 22.9 Å². The molecule has 3 nitrogen and oxygen atoms in total. The number of nitrogens with one attached hydrogen (secondary N) is 1. The van der Waals surface area contributed by atoms with Crippen LogP contribution in [0.25, 0.3) is 21.0 Å². The molecule has 0 bridgehead atoms. The van der Waals surface area contributed by atoms with E-state index in [1.807, 2.05) is 18.2 Å². The van der Waals surface area contributed by atoms with Gasteiger partial charge in [0.05, 0.1) is 10.4 Å². The lowest BCUT2D eigenvalue weighted by Crippen LogP contribution is -2.40. The highest BCUT2D eigenvalue weighted by molar-refractivity contribution is 7.21. The van der Waals surface area contributed by atoms with Crippen LogP contribution in [0.3, 0.4) is 0 Å². The summed E-state index contributed by atoms with van der Waals surface area (Å²) in [5.41, 5.74) is 2.05. The lowest BCUT2D eigenvalue weighted by atomic mass is 9.86. The zero-order chi connectivity index (χ0) is 17.6. The van der Waals surface area contributed by atoms with Gasteiger partial charge in [0.15, 0.2) is 0 Å². The number of aryl methyl sites for hydroxylation is 1. The van der Waals surface area contributed by atoms with Crippen LogP contribution < -0.4 is 5.32 Å². The zero-order valence-electron chi connectivity index (χ0n) is 14.4. The number of thiophene rings is 1. The smallest absolute Gasteiger partial charge is 0.261 e. The number of nitrogens with zero attached hydrogens (tertiary/aromatic N) is 1. The number of halogens is 1. The number of pyridine rings is 1. The molecule has 2 aromatic heterocycles. The molecule has 0 spiro atoms. The molecule has 1 N–H and O–H groups in total. The van der Waals surface area contributed by atoms with E-state index in [0.29, 0.717) is 15.9 Å². The highest BCUT2D eigenvalue weighted by Crippen LogP contribution is 2.36. The summed E-state index contributed by atoms with van der Waals surface area (Å²) in [6.45, 7) is 4.29. The van der Waals surface area contributed by atoms with Crippen molar-refractivity contribution in [1.29, 1.82) is 0 Å². The van der Waals surface area contributed by atoms with Gasteiger partial charge in [-0.1, -0.05) is 43.0 Å². The fraction of sp³-hybridized carbons (Fsp3) is 0.400. The van der Waals surface area contributed by atoms with Crippen molar-refractivity contribution >= 4 is 49.8 Å². The van der Waals surface area contributed by atoms with Crippen LogP contribution in [0.1, 0.15) is 47.8 Å². The maximum absolute atomic E-state index is 12.8. The van der Waals surface area contributed by atoms with Gasteiger partial charge in [0, 0.05) is 21.5 Å². The number of hydrogen-bond donors (Lipinski definition) is 1. The predicted molar refractivity (Wildman–Crippen MR) is 106 cm³/mol. The van der Waals surface area contributed by atoms with Crippen molar-refractivity contribution in [3.05, 3.63) is 39.9 Å². The summed E-state index contributed by atoms with van der Waals surface area (Å²) in [4.78, 5) is 18.0. The Kier molecular flexibility index (Phi) is 4.42. The summed E-state index contributed by atoms with van der Waals surface area (Å²) >= 11 is 7.88. The molecule has 1 aromatic carbocycles. The lowest BCUT2D eigenvalue weighted by Gasteiger charge is -2.29. The molecule has 1 fully saturated rings. The second-order valence-corrected chi connectivity index (χ2v) is 8.53. The van der Waals surface area contributed by atoms with Crippen molar-refractivity contribution in [1.82, 2.24) is 10.3 Å². The number of benzene rings is 1. The minimum atomic E-state index is 0.0109. The van der Waals surface area contributed by atoms with Crippen LogP contribution in [0, 0.1) is 12.8 Å². The summed E-state index contributed by atoms with van der Waals surface area (Å²) in [5, 5.41) is 5.63. The Labute approximate surface area is 156 Å². The van der Waals surface area contributed by atoms with Crippen LogP contribution in [0.5, 0.6) is 0 Å². The maximum atomic E-state index is 12.8. The molecule has 130 valence electrons. The molecular weight excluding hydrogens is 352 g/mol. The van der Waals surface area contributed by atoms with Crippen LogP contribution in [0.4, 0.5) is 0 Å². The second-order valence-electron chi connectivity index (χ2n) is 7.12. The van der Waals surface area contributed by atoms with Gasteiger partial charge >= 0.3 is 0 Å². The Morgan fingerprint density at radius 3 is 2.84 bits per heavy atom. The summed E-state index contributed by atoms with van der Waals surface area (Å²) in [6.07, 6.45) is 4.73. The molecule has 1 aliphatic carbocycles. The number of hydrogen-bond acceptors (Lipinski definition) is 3. The quantitative estimate of drug-likeness (QED) is 0.584. The molecule has 1 aliphatic rings. The monoisotopic (exact) mass is 372 g/mol. The molecule has 2 heterocycles. The summed E-state index contributed by atoms with van der Waals surface area (Å²) in [6, 6.07) is 8.30. The number of aromatic nitrogens is 1. The molecule has 0 aliphatic heterocycles. The fourth-order valence-corrected chi connectivity index (χ4v) is 5.11. The van der Waals surface area contributed by atoms with E-state index in [1.165, 1.54) is 36.2 Å². The molecule has 0 radical (unpaired) electrons. The van der Waals surface area contributed by atoms with E-state index in [9.17, 15) is 4.79 Å². The first kappa shape index (κ1) is 16.8. The average Bonchev–Trinajstić information content (AvgIpc) is 3.04. The Hall–Kier alpha value is -1.65. The minimum Gasteiger partial charge on any atom is -0.348 e. The van der Waals surface area contributed by atoms with Gasteiger partial charge in [-0.15, -0.1) is 11.3 Å². The van der Waals surface area contributed by atoms with Gasteiger partial charge < -0.3 is 5.32 Å². The van der Waals surface area contributed by atoms with Gasteiger partial charge in [0.1, 0.15) is 5.15 Å². The molecule has 0 unspecified atom stereocenters. The van der Waals surface area contributed by atoms with Gasteiger partial charge in [-0.25, -0.2) is 4.98 Å². The molecule has 1 saturated carbocycles. The third-order valence-electron chi connectivity index (χ3n) is 5.22. The minimum absolute atomic E-state index is 0.0109. The van der Waals surface area contributed by atoms with E-state index in [4.69, 9.17) is 11.6 Å². The van der Waals surface area contributed by atoms with Gasteiger partial charge in [-0.05, 0) is 43.9 Å². The SMILES string of the molecule is Cc1ccc2nc(Cl)c3cc(C(=O)N[C@H]4CCCC[C@@H]4C)sc3c2c1. The maximum Gasteiger partial charge on any atom is 0.261 e. The van der Waals surface area contributed by atoms with Crippen molar-refractivity contribution in [3.63, 3.8) is 0 Å². The third kappa shape index (κ3) is 3.13. The van der Waals surface area contributed by atoms with E-state index in [0.717, 1.165) is 27.4 Å². The molecule has 1 amide bonds. The molecule has 4 rings (SSSR count). The first-order valence-corrected chi connectivity index (χ1v) is 10.0. The average molecular weight is 373 g/mol. The van der Waals surface area contributed by atoms with E-state index >= 15 is 0 Å². The van der Waals surface area contributed by atoms with E-state index in [1.54, 1.807) is 0 Å². The highest BCUT2D eigenvalue weighted by atomic mass is 35.5. The van der Waals surface area contributed by atoms with Crippen LogP contribution in [-0.2, 0) is 0 Å². The summed E-state index contributed by atoms with van der Waals surface area (Å²) in [7, 11) is 0. The van der Waals surface area contributed by atoms with Gasteiger partial charge in [-0.3, -0.25) is 4.79 Å². The Morgan fingerprint density at radius 2 is 2.04 bits per heavy atom. The van der Waals surface area contributed by atoms with Crippen LogP contribution in [0.15, 0.2) is 24.3 Å². The number of rotatable bonds is 2. The molecule has 5 heteroatoms. The molecular formula is C20H21ClN2OS. The second kappa shape index (κ2) is 6.58. The fourth-order valence-electron chi connectivity index (χ4n) is 3.72. The predicted octanol–water partition coefficient (Wildman–Crippen LogP) is 5.72. The van der Waals surface area contributed by atoms with Crippen molar-refractivity contribution in [3.8, 4) is 0 Å². The van der Waals surface area contributed by atoms with Gasteiger partial charge in [0.2, 0.25) is 0 Å². The van der Waals surface area contributed by atoms with Crippen LogP contribution in [0.2, 0.25) is 5.15 Å². The van der Waals surface area contributed by atoms with Crippen molar-refractivity contribution in [2.75, 3.05) is 0 Å². The van der Waals surface area contributed by atoms with Crippen molar-refractivity contribution < 1.29 is 4.79 Å².